The number of Topliss-reactive ketones (excluding diaryl/α,β-unsaturated/α-hetero) is 1. The second kappa shape index (κ2) is 8.83. The molecule has 0 saturated heterocycles. The van der Waals surface area contributed by atoms with Crippen molar-refractivity contribution >= 4 is 28.8 Å². The van der Waals surface area contributed by atoms with Crippen molar-refractivity contribution in [3.63, 3.8) is 0 Å². The topological polar surface area (TPSA) is 59.6 Å². The molecule has 0 unspecified atom stereocenters. The van der Waals surface area contributed by atoms with Crippen LogP contribution in [0.1, 0.15) is 35.9 Å². The minimum Gasteiger partial charge on any atom is -0.493 e. The molecule has 1 aliphatic carbocycles. The minimum atomic E-state index is -0.284. The van der Waals surface area contributed by atoms with Crippen LogP contribution >= 0.6 is 11.6 Å². The van der Waals surface area contributed by atoms with Crippen LogP contribution < -0.4 is 20.1 Å². The fraction of sp³-hybridized carbons (Fsp3) is 0.222. The third-order valence-electron chi connectivity index (χ3n) is 6.37. The van der Waals surface area contributed by atoms with Crippen molar-refractivity contribution in [1.29, 1.82) is 0 Å². The maximum atomic E-state index is 13.6. The highest BCUT2D eigenvalue weighted by Gasteiger charge is 2.36. The number of rotatable bonds is 4. The molecule has 3 aromatic carbocycles. The van der Waals surface area contributed by atoms with Gasteiger partial charge >= 0.3 is 0 Å². The monoisotopic (exact) mass is 460 g/mol. The van der Waals surface area contributed by atoms with Crippen LogP contribution in [-0.2, 0) is 4.79 Å². The maximum Gasteiger partial charge on any atom is 0.163 e. The molecular weight excluding hydrogens is 436 g/mol. The number of para-hydroxylation sites is 2. The Balaban J connectivity index is 1.58. The number of ether oxygens (including phenoxy) is 2. The Morgan fingerprint density at radius 2 is 1.64 bits per heavy atom. The molecule has 5 nitrogen and oxygen atoms in total. The van der Waals surface area contributed by atoms with Crippen LogP contribution in [-0.4, -0.2) is 20.0 Å². The molecule has 2 atom stereocenters. The molecule has 0 aromatic heterocycles. The highest BCUT2D eigenvalue weighted by Crippen LogP contribution is 2.45. The van der Waals surface area contributed by atoms with Gasteiger partial charge in [-0.05, 0) is 59.9 Å². The van der Waals surface area contributed by atoms with Gasteiger partial charge in [0.15, 0.2) is 17.3 Å². The zero-order valence-electron chi connectivity index (χ0n) is 18.5. The first-order chi connectivity index (χ1) is 16.1. The zero-order valence-corrected chi connectivity index (χ0v) is 19.3. The molecule has 6 heteroatoms. The van der Waals surface area contributed by atoms with Crippen LogP contribution in [0.3, 0.4) is 0 Å². The lowest BCUT2D eigenvalue weighted by Gasteiger charge is -2.30. The van der Waals surface area contributed by atoms with Crippen LogP contribution in [0.25, 0.3) is 0 Å². The Bertz CT molecular complexity index is 1250. The summed E-state index contributed by atoms with van der Waals surface area (Å²) >= 11 is 6.31. The zero-order chi connectivity index (χ0) is 22.9. The van der Waals surface area contributed by atoms with Gasteiger partial charge in [-0.15, -0.1) is 0 Å². The van der Waals surface area contributed by atoms with E-state index in [0.717, 1.165) is 33.8 Å². The highest BCUT2D eigenvalue weighted by molar-refractivity contribution is 6.30. The van der Waals surface area contributed by atoms with E-state index in [-0.39, 0.29) is 17.7 Å². The van der Waals surface area contributed by atoms with Gasteiger partial charge in [-0.25, -0.2) is 0 Å². The second-order valence-electron chi connectivity index (χ2n) is 8.34. The Labute approximate surface area is 198 Å². The first-order valence-electron chi connectivity index (χ1n) is 10.9. The number of ketones is 1. The summed E-state index contributed by atoms with van der Waals surface area (Å²) in [5, 5.41) is 7.80. The van der Waals surface area contributed by atoms with Gasteiger partial charge in [-0.1, -0.05) is 41.9 Å². The molecule has 0 radical (unpaired) electrons. The number of hydrogen-bond donors (Lipinski definition) is 2. The Hall–Kier alpha value is -3.44. The molecule has 2 aliphatic rings. The number of anilines is 2. The van der Waals surface area contributed by atoms with Gasteiger partial charge in [0.1, 0.15) is 0 Å². The van der Waals surface area contributed by atoms with Crippen LogP contribution in [0.15, 0.2) is 78.0 Å². The summed E-state index contributed by atoms with van der Waals surface area (Å²) < 4.78 is 10.9. The Morgan fingerprint density at radius 1 is 0.848 bits per heavy atom. The van der Waals surface area contributed by atoms with Gasteiger partial charge in [0.05, 0.1) is 31.6 Å². The van der Waals surface area contributed by atoms with Crippen LogP contribution in [0.5, 0.6) is 11.5 Å². The molecule has 0 fully saturated rings. The average molecular weight is 461 g/mol. The van der Waals surface area contributed by atoms with E-state index >= 15 is 0 Å². The lowest BCUT2D eigenvalue weighted by Crippen LogP contribution is -2.26. The number of benzene rings is 3. The van der Waals surface area contributed by atoms with Gasteiger partial charge in [-0.3, -0.25) is 4.79 Å². The van der Waals surface area contributed by atoms with Crippen molar-refractivity contribution in [3.8, 4) is 11.5 Å². The van der Waals surface area contributed by atoms with Gasteiger partial charge in [0.2, 0.25) is 0 Å². The van der Waals surface area contributed by atoms with E-state index in [0.29, 0.717) is 29.4 Å². The maximum absolute atomic E-state index is 13.6. The summed E-state index contributed by atoms with van der Waals surface area (Å²) in [6, 6.07) is 21.3. The lowest BCUT2D eigenvalue weighted by atomic mass is 9.78. The minimum absolute atomic E-state index is 0.0360. The van der Waals surface area contributed by atoms with Gasteiger partial charge in [-0.2, -0.15) is 0 Å². The summed E-state index contributed by atoms with van der Waals surface area (Å²) in [6.45, 7) is 0. The molecule has 0 bridgehead atoms. The first kappa shape index (κ1) is 21.4. The van der Waals surface area contributed by atoms with Gasteiger partial charge < -0.3 is 20.1 Å². The molecule has 33 heavy (non-hydrogen) atoms. The molecule has 168 valence electrons. The molecular formula is C27H25ClN2O3. The summed E-state index contributed by atoms with van der Waals surface area (Å²) in [7, 11) is 3.24. The van der Waals surface area contributed by atoms with Crippen LogP contribution in [0, 0.1) is 0 Å². The van der Waals surface area contributed by atoms with Crippen molar-refractivity contribution in [2.75, 3.05) is 24.9 Å². The van der Waals surface area contributed by atoms with Crippen molar-refractivity contribution in [1.82, 2.24) is 0 Å². The van der Waals surface area contributed by atoms with Crippen molar-refractivity contribution in [2.45, 2.75) is 24.8 Å². The van der Waals surface area contributed by atoms with E-state index in [1.165, 1.54) is 0 Å². The quantitative estimate of drug-likeness (QED) is 0.476. The number of allylic oxidation sites excluding steroid dienone is 1. The molecule has 5 rings (SSSR count). The van der Waals surface area contributed by atoms with Crippen molar-refractivity contribution in [3.05, 3.63) is 94.1 Å². The fourth-order valence-corrected chi connectivity index (χ4v) is 4.97. The number of carbonyl (C=O) groups excluding carboxylic acids is 1. The second-order valence-corrected chi connectivity index (χ2v) is 8.77. The third-order valence-corrected chi connectivity index (χ3v) is 6.61. The fourth-order valence-electron chi connectivity index (χ4n) is 4.77. The van der Waals surface area contributed by atoms with Gasteiger partial charge in [0, 0.05) is 22.7 Å². The first-order valence-corrected chi connectivity index (χ1v) is 11.3. The van der Waals surface area contributed by atoms with E-state index in [1.807, 2.05) is 66.7 Å². The molecule has 0 spiro atoms. The standard InChI is InChI=1S/C27H25ClN2O3/c1-32-24-11-10-16(15-25(24)33-2)18-13-22-26(23(31)14-18)27(17-6-5-7-19(28)12-17)30-21-9-4-3-8-20(21)29-22/h3-12,15,18,27,29-30H,13-14H2,1-2H3/t18-,27+/m0/s1. The molecule has 1 heterocycles. The Kier molecular flexibility index (Phi) is 5.73. The van der Waals surface area contributed by atoms with E-state index in [1.54, 1.807) is 14.2 Å². The van der Waals surface area contributed by atoms with Crippen LogP contribution in [0.4, 0.5) is 11.4 Å². The lowest BCUT2D eigenvalue weighted by molar-refractivity contribution is -0.116. The smallest absolute Gasteiger partial charge is 0.163 e. The predicted octanol–water partition coefficient (Wildman–Crippen LogP) is 6.34. The normalized spacial score (nSPS) is 19.5. The number of carbonyl (C=O) groups is 1. The van der Waals surface area contributed by atoms with Crippen molar-refractivity contribution in [2.24, 2.45) is 0 Å². The number of nitrogens with one attached hydrogen (secondary N) is 2. The Morgan fingerprint density at radius 3 is 2.39 bits per heavy atom. The van der Waals surface area contributed by atoms with Gasteiger partial charge in [0.25, 0.3) is 0 Å². The van der Waals surface area contributed by atoms with Crippen LogP contribution in [0.2, 0.25) is 5.02 Å². The molecule has 2 N–H and O–H groups in total. The summed E-state index contributed by atoms with van der Waals surface area (Å²) in [6.07, 6.45) is 1.13. The van der Waals surface area contributed by atoms with E-state index in [4.69, 9.17) is 21.1 Å². The average Bonchev–Trinajstić information content (AvgIpc) is 3.00. The molecule has 3 aromatic rings. The van der Waals surface area contributed by atoms with E-state index in [9.17, 15) is 4.79 Å². The molecule has 1 aliphatic heterocycles. The van der Waals surface area contributed by atoms with E-state index < -0.39 is 0 Å². The molecule has 0 amide bonds. The highest BCUT2D eigenvalue weighted by atomic mass is 35.5. The molecule has 0 saturated carbocycles. The SMILES string of the molecule is COc1ccc([C@@H]2CC(=O)C3=C(C2)Nc2ccccc2N[C@@H]3c2cccc(Cl)c2)cc1OC. The third kappa shape index (κ3) is 4.05. The number of methoxy groups -OCH3 is 2. The predicted molar refractivity (Wildman–Crippen MR) is 131 cm³/mol. The number of halogens is 1. The summed E-state index contributed by atoms with van der Waals surface area (Å²) in [4.78, 5) is 13.6. The number of fused-ring (bicyclic) bond motifs is 1. The summed E-state index contributed by atoms with van der Waals surface area (Å²) in [5.74, 6) is 1.50. The largest absolute Gasteiger partial charge is 0.493 e. The number of hydrogen-bond acceptors (Lipinski definition) is 5. The summed E-state index contributed by atoms with van der Waals surface area (Å²) in [5.41, 5.74) is 5.63. The van der Waals surface area contributed by atoms with Crippen molar-refractivity contribution < 1.29 is 14.3 Å². The van der Waals surface area contributed by atoms with E-state index in [2.05, 4.69) is 10.6 Å².